The van der Waals surface area contributed by atoms with E-state index < -0.39 is 5.97 Å². The average molecular weight is 495 g/mol. The van der Waals surface area contributed by atoms with Gasteiger partial charge in [-0.3, -0.25) is 9.69 Å². The largest absolute Gasteiger partial charge is 0.465 e. The second-order valence-corrected chi connectivity index (χ2v) is 9.09. The number of hydrogen-bond acceptors (Lipinski definition) is 3. The van der Waals surface area contributed by atoms with E-state index in [0.29, 0.717) is 21.4 Å². The van der Waals surface area contributed by atoms with E-state index in [2.05, 4.69) is 0 Å². The van der Waals surface area contributed by atoms with Crippen molar-refractivity contribution in [2.24, 2.45) is 0 Å². The summed E-state index contributed by atoms with van der Waals surface area (Å²) in [6.07, 6.45) is 1.74. The number of halogens is 2. The monoisotopic (exact) mass is 494 g/mol. The summed E-state index contributed by atoms with van der Waals surface area (Å²) in [5, 5.41) is 1.12. The lowest BCUT2D eigenvalue weighted by Gasteiger charge is -2.18. The number of rotatable bonds is 4. The van der Waals surface area contributed by atoms with E-state index in [1.807, 2.05) is 55.7 Å². The zero-order chi connectivity index (χ0) is 24.7. The maximum Gasteiger partial charge on any atom is 0.340 e. The van der Waals surface area contributed by atoms with Gasteiger partial charge < -0.3 is 9.30 Å². The first-order chi connectivity index (χ1) is 16.1. The minimum atomic E-state index is -0.557. The summed E-state index contributed by atoms with van der Waals surface area (Å²) in [5.41, 5.74) is 6.07. The maximum absolute atomic E-state index is 13.6. The predicted molar refractivity (Wildman–Crippen MR) is 137 cm³/mol. The Kier molecular flexibility index (Phi) is 6.43. The molecule has 3 aromatic rings. The Morgan fingerprint density at radius 3 is 2.41 bits per heavy atom. The molecule has 5 nitrogen and oxygen atoms in total. The highest BCUT2D eigenvalue weighted by Gasteiger charge is 2.38. The number of amides is 1. The Morgan fingerprint density at radius 2 is 1.74 bits per heavy atom. The number of methoxy groups -OCH3 is 1. The molecule has 0 aliphatic carbocycles. The molecule has 0 N–H and O–H groups in total. The zero-order valence-corrected chi connectivity index (χ0v) is 21.1. The molecule has 1 aliphatic heterocycles. The highest BCUT2D eigenvalue weighted by atomic mass is 35.5. The molecule has 0 bridgehead atoms. The normalized spacial score (nSPS) is 15.0. The lowest BCUT2D eigenvalue weighted by Crippen LogP contribution is -2.24. The van der Waals surface area contributed by atoms with Crippen LogP contribution in [0, 0.1) is 20.8 Å². The number of nitrogens with zero attached hydrogens (tertiary/aromatic N) is 2. The number of anilines is 1. The van der Waals surface area contributed by atoms with Crippen LogP contribution in [0.5, 0.6) is 0 Å². The summed E-state index contributed by atoms with van der Waals surface area (Å²) in [7, 11) is 1.31. The third-order valence-electron chi connectivity index (χ3n) is 5.97. The average Bonchev–Trinajstić information content (AvgIpc) is 3.21. The molecular weight excluding hydrogens is 471 g/mol. The van der Waals surface area contributed by atoms with Crippen LogP contribution < -0.4 is 4.90 Å². The molecule has 1 aliphatic rings. The molecule has 0 saturated heterocycles. The number of carbonyl (C=O) groups excluding carboxylic acids is 2. The van der Waals surface area contributed by atoms with Gasteiger partial charge in [0.05, 0.1) is 29.0 Å². The fourth-order valence-electron chi connectivity index (χ4n) is 4.38. The molecule has 174 valence electrons. The van der Waals surface area contributed by atoms with Crippen molar-refractivity contribution in [1.82, 2.24) is 4.57 Å². The zero-order valence-electron chi connectivity index (χ0n) is 19.6. The van der Waals surface area contributed by atoms with E-state index in [0.717, 1.165) is 28.2 Å². The molecule has 1 aromatic heterocycles. The number of carbonyl (C=O) groups is 2. The van der Waals surface area contributed by atoms with Crippen molar-refractivity contribution in [3.05, 3.63) is 97.9 Å². The number of benzene rings is 2. The van der Waals surface area contributed by atoms with Crippen LogP contribution in [0.2, 0.25) is 10.0 Å². The highest BCUT2D eigenvalue weighted by Crippen LogP contribution is 2.37. The van der Waals surface area contributed by atoms with Gasteiger partial charge in [0, 0.05) is 27.8 Å². The predicted octanol–water partition coefficient (Wildman–Crippen LogP) is 6.59. The van der Waals surface area contributed by atoms with Crippen LogP contribution in [-0.2, 0) is 14.3 Å². The first-order valence-electron chi connectivity index (χ1n) is 10.7. The van der Waals surface area contributed by atoms with Gasteiger partial charge in [-0.15, -0.1) is 0 Å². The maximum atomic E-state index is 13.6. The Morgan fingerprint density at radius 1 is 1.00 bits per heavy atom. The third kappa shape index (κ3) is 4.06. The van der Waals surface area contributed by atoms with E-state index in [1.54, 1.807) is 36.1 Å². The third-order valence-corrected chi connectivity index (χ3v) is 6.52. The van der Waals surface area contributed by atoms with Crippen molar-refractivity contribution in [2.75, 3.05) is 12.0 Å². The molecule has 0 saturated carbocycles. The van der Waals surface area contributed by atoms with Crippen LogP contribution in [0.4, 0.5) is 5.69 Å². The molecule has 7 heteroatoms. The number of hydrogen-bond donors (Lipinski definition) is 0. The molecule has 4 rings (SSSR count). The Bertz CT molecular complexity index is 1400. The first-order valence-corrected chi connectivity index (χ1v) is 11.5. The molecule has 34 heavy (non-hydrogen) atoms. The van der Waals surface area contributed by atoms with Crippen molar-refractivity contribution in [3.63, 3.8) is 0 Å². The second kappa shape index (κ2) is 9.16. The smallest absolute Gasteiger partial charge is 0.340 e. The van der Waals surface area contributed by atoms with Crippen LogP contribution >= 0.6 is 23.2 Å². The Balaban J connectivity index is 1.88. The number of aryl methyl sites for hydroxylation is 2. The van der Waals surface area contributed by atoms with E-state index in [-0.39, 0.29) is 17.1 Å². The van der Waals surface area contributed by atoms with Gasteiger partial charge in [0.25, 0.3) is 5.91 Å². The highest BCUT2D eigenvalue weighted by molar-refractivity contribution is 6.34. The van der Waals surface area contributed by atoms with Crippen molar-refractivity contribution in [2.45, 2.75) is 27.7 Å². The number of ether oxygens (including phenoxy) is 1. The number of esters is 1. The second-order valence-electron chi connectivity index (χ2n) is 8.25. The van der Waals surface area contributed by atoms with Crippen LogP contribution in [0.3, 0.4) is 0 Å². The standard InChI is InChI=1S/C27H24Cl2N2O3/c1-15-7-6-8-21(11-15)31-18(4)25(27(33)34-5)22(26(31)32)13-19-12-16(2)30(17(19)3)24-14-20(28)9-10-23(24)29/h6-14H,1-5H3/b22-13-. The van der Waals surface area contributed by atoms with Gasteiger partial charge in [-0.1, -0.05) is 35.3 Å². The summed E-state index contributed by atoms with van der Waals surface area (Å²) in [5.74, 6) is -0.840. The lowest BCUT2D eigenvalue weighted by molar-refractivity contribution is -0.136. The molecule has 0 radical (unpaired) electrons. The van der Waals surface area contributed by atoms with E-state index in [4.69, 9.17) is 27.9 Å². The van der Waals surface area contributed by atoms with Crippen LogP contribution in [-0.4, -0.2) is 23.6 Å². The van der Waals surface area contributed by atoms with Gasteiger partial charge in [0.1, 0.15) is 0 Å². The van der Waals surface area contributed by atoms with Gasteiger partial charge in [-0.05, 0) is 81.3 Å². The Labute approximate surface area is 208 Å². The fourth-order valence-corrected chi connectivity index (χ4v) is 4.74. The van der Waals surface area contributed by atoms with Gasteiger partial charge >= 0.3 is 5.97 Å². The summed E-state index contributed by atoms with van der Waals surface area (Å²) in [6.45, 7) is 7.59. The summed E-state index contributed by atoms with van der Waals surface area (Å²) in [4.78, 5) is 27.9. The van der Waals surface area contributed by atoms with Gasteiger partial charge in [-0.2, -0.15) is 0 Å². The number of aromatic nitrogens is 1. The van der Waals surface area contributed by atoms with Crippen LogP contribution in [0.15, 0.2) is 65.4 Å². The summed E-state index contributed by atoms with van der Waals surface area (Å²) < 4.78 is 7.01. The molecule has 2 aromatic carbocycles. The van der Waals surface area contributed by atoms with E-state index in [1.165, 1.54) is 7.11 Å². The molecule has 0 unspecified atom stereocenters. The first kappa shape index (κ1) is 23.9. The Hall–Kier alpha value is -3.28. The van der Waals surface area contributed by atoms with Gasteiger partial charge in [-0.25, -0.2) is 4.79 Å². The van der Waals surface area contributed by atoms with Crippen molar-refractivity contribution >= 4 is 46.8 Å². The quantitative estimate of drug-likeness (QED) is 0.303. The summed E-state index contributed by atoms with van der Waals surface area (Å²) >= 11 is 12.7. The van der Waals surface area contributed by atoms with Crippen LogP contribution in [0.1, 0.15) is 29.4 Å². The minimum Gasteiger partial charge on any atom is -0.465 e. The molecule has 0 atom stereocenters. The SMILES string of the molecule is COC(=O)C1=C(C)N(c2cccc(C)c2)C(=O)/C1=C\c1cc(C)n(-c2cc(Cl)ccc2Cl)c1C. The molecular formula is C27H24Cl2N2O3. The summed E-state index contributed by atoms with van der Waals surface area (Å²) in [6, 6.07) is 14.8. The van der Waals surface area contributed by atoms with Gasteiger partial charge in [0.15, 0.2) is 0 Å². The molecule has 0 fully saturated rings. The molecule has 0 spiro atoms. The minimum absolute atomic E-state index is 0.250. The van der Waals surface area contributed by atoms with Crippen molar-refractivity contribution in [1.29, 1.82) is 0 Å². The van der Waals surface area contributed by atoms with Crippen LogP contribution in [0.25, 0.3) is 11.8 Å². The van der Waals surface area contributed by atoms with E-state index in [9.17, 15) is 9.59 Å². The van der Waals surface area contributed by atoms with E-state index >= 15 is 0 Å². The topological polar surface area (TPSA) is 51.5 Å². The number of allylic oxidation sites excluding steroid dienone is 1. The van der Waals surface area contributed by atoms with Gasteiger partial charge in [0.2, 0.25) is 0 Å². The fraction of sp³-hybridized carbons (Fsp3) is 0.185. The van der Waals surface area contributed by atoms with Crippen molar-refractivity contribution in [3.8, 4) is 5.69 Å². The lowest BCUT2D eigenvalue weighted by atomic mass is 10.0. The molecule has 1 amide bonds. The van der Waals surface area contributed by atoms with Crippen molar-refractivity contribution < 1.29 is 14.3 Å². The molecule has 2 heterocycles.